The summed E-state index contributed by atoms with van der Waals surface area (Å²) in [7, 11) is 0. The number of esters is 1. The monoisotopic (exact) mass is 299 g/mol. The molecule has 2 fully saturated rings. The summed E-state index contributed by atoms with van der Waals surface area (Å²) >= 11 is 2.05. The first-order valence-electron chi connectivity index (χ1n) is 8.12. The van der Waals surface area contributed by atoms with Crippen LogP contribution in [0.5, 0.6) is 0 Å². The van der Waals surface area contributed by atoms with E-state index in [4.69, 9.17) is 4.74 Å². The van der Waals surface area contributed by atoms with Gasteiger partial charge in [-0.25, -0.2) is 0 Å². The Morgan fingerprint density at radius 3 is 2.75 bits per heavy atom. The van der Waals surface area contributed by atoms with Crippen molar-refractivity contribution in [3.8, 4) is 0 Å². The van der Waals surface area contributed by atoms with E-state index in [1.807, 2.05) is 18.7 Å². The largest absolute Gasteiger partial charge is 0.465 e. The van der Waals surface area contributed by atoms with Crippen LogP contribution in [0.4, 0.5) is 0 Å². The van der Waals surface area contributed by atoms with E-state index in [9.17, 15) is 4.79 Å². The summed E-state index contributed by atoms with van der Waals surface area (Å²) in [5.41, 5.74) is -0.382. The van der Waals surface area contributed by atoms with Gasteiger partial charge in [-0.05, 0) is 57.1 Å². The van der Waals surface area contributed by atoms with Crippen molar-refractivity contribution in [2.24, 2.45) is 5.92 Å². The van der Waals surface area contributed by atoms with Gasteiger partial charge in [-0.2, -0.15) is 11.8 Å². The zero-order valence-electron chi connectivity index (χ0n) is 13.1. The van der Waals surface area contributed by atoms with Crippen LogP contribution in [-0.2, 0) is 9.53 Å². The quantitative estimate of drug-likeness (QED) is 0.697. The van der Waals surface area contributed by atoms with Gasteiger partial charge >= 0.3 is 5.97 Å². The van der Waals surface area contributed by atoms with Crippen LogP contribution in [0.1, 0.15) is 59.3 Å². The number of rotatable bonds is 8. The average Bonchev–Trinajstić information content (AvgIpc) is 3.09. The lowest BCUT2D eigenvalue weighted by Crippen LogP contribution is -2.52. The Bertz CT molecular complexity index is 330. The maximum Gasteiger partial charge on any atom is 0.326 e. The molecule has 1 N–H and O–H groups in total. The number of thioether (sulfide) groups is 1. The van der Waals surface area contributed by atoms with Gasteiger partial charge < -0.3 is 4.74 Å². The second-order valence-electron chi connectivity index (χ2n) is 6.64. The molecule has 0 amide bonds. The van der Waals surface area contributed by atoms with E-state index >= 15 is 0 Å². The highest BCUT2D eigenvalue weighted by Gasteiger charge is 2.48. The van der Waals surface area contributed by atoms with Gasteiger partial charge in [0.25, 0.3) is 0 Å². The molecule has 2 rings (SSSR count). The second kappa shape index (κ2) is 7.17. The summed E-state index contributed by atoms with van der Waals surface area (Å²) in [6.45, 7) is 6.92. The Hall–Kier alpha value is -0.220. The highest BCUT2D eigenvalue weighted by atomic mass is 32.2. The lowest BCUT2D eigenvalue weighted by Gasteiger charge is -2.28. The molecule has 0 aromatic rings. The third-order valence-corrected chi connectivity index (χ3v) is 5.59. The molecule has 2 aliphatic carbocycles. The van der Waals surface area contributed by atoms with Crippen LogP contribution in [-0.4, -0.2) is 35.2 Å². The minimum atomic E-state index is -0.382. The molecule has 2 atom stereocenters. The molecule has 0 saturated heterocycles. The first kappa shape index (κ1) is 16.2. The first-order valence-corrected chi connectivity index (χ1v) is 9.17. The summed E-state index contributed by atoms with van der Waals surface area (Å²) < 4.78 is 5.34. The van der Waals surface area contributed by atoms with Crippen LogP contribution in [0, 0.1) is 5.92 Å². The highest BCUT2D eigenvalue weighted by molar-refractivity contribution is 7.99. The normalized spacial score (nSPS) is 29.9. The molecular formula is C16H29NO2S. The molecule has 0 aromatic heterocycles. The number of hydrogen-bond acceptors (Lipinski definition) is 4. The van der Waals surface area contributed by atoms with Gasteiger partial charge in [0.2, 0.25) is 0 Å². The van der Waals surface area contributed by atoms with Crippen molar-refractivity contribution in [2.45, 2.75) is 76.1 Å². The number of nitrogens with one attached hydrogen (secondary N) is 1. The van der Waals surface area contributed by atoms with Crippen molar-refractivity contribution in [1.29, 1.82) is 0 Å². The third-order valence-electron chi connectivity index (χ3n) is 4.24. The predicted octanol–water partition coefficient (Wildman–Crippen LogP) is 3.37. The molecule has 3 nitrogen and oxygen atoms in total. The smallest absolute Gasteiger partial charge is 0.326 e. The van der Waals surface area contributed by atoms with Crippen molar-refractivity contribution in [3.05, 3.63) is 0 Å². The van der Waals surface area contributed by atoms with Crippen LogP contribution in [0.25, 0.3) is 0 Å². The van der Waals surface area contributed by atoms with E-state index in [2.05, 4.69) is 19.2 Å². The fourth-order valence-electron chi connectivity index (χ4n) is 2.88. The molecule has 20 heavy (non-hydrogen) atoms. The van der Waals surface area contributed by atoms with E-state index in [0.29, 0.717) is 17.9 Å². The molecule has 0 spiro atoms. The Labute approximate surface area is 127 Å². The molecule has 0 heterocycles. The Morgan fingerprint density at radius 2 is 2.15 bits per heavy atom. The minimum absolute atomic E-state index is 0.0149. The molecule has 2 aliphatic rings. The van der Waals surface area contributed by atoms with E-state index in [1.165, 1.54) is 25.0 Å². The summed E-state index contributed by atoms with van der Waals surface area (Å²) in [6.07, 6.45) is 6.73. The van der Waals surface area contributed by atoms with Gasteiger partial charge in [0, 0.05) is 11.3 Å². The van der Waals surface area contributed by atoms with Crippen LogP contribution in [0.15, 0.2) is 0 Å². The van der Waals surface area contributed by atoms with Crippen LogP contribution in [0.3, 0.4) is 0 Å². The standard InChI is InChI=1S/C16H29NO2S/c1-4-19-15(18)16(17-13-5-6-13)9-7-14(11-16)20-10-8-12(2)3/h12-14,17H,4-11H2,1-3H3. The molecule has 4 heteroatoms. The number of carbonyl (C=O) groups is 1. The maximum absolute atomic E-state index is 12.4. The summed E-state index contributed by atoms with van der Waals surface area (Å²) in [5, 5.41) is 4.21. The van der Waals surface area contributed by atoms with Gasteiger partial charge in [0.1, 0.15) is 5.54 Å². The van der Waals surface area contributed by atoms with E-state index < -0.39 is 0 Å². The van der Waals surface area contributed by atoms with Crippen LogP contribution < -0.4 is 5.32 Å². The number of hydrogen-bond donors (Lipinski definition) is 1. The zero-order chi connectivity index (χ0) is 14.6. The maximum atomic E-state index is 12.4. The van der Waals surface area contributed by atoms with Crippen molar-refractivity contribution >= 4 is 17.7 Å². The Kier molecular flexibility index (Phi) is 5.79. The second-order valence-corrected chi connectivity index (χ2v) is 8.05. The van der Waals surface area contributed by atoms with Crippen molar-refractivity contribution in [1.82, 2.24) is 5.32 Å². The molecular weight excluding hydrogens is 270 g/mol. The van der Waals surface area contributed by atoms with Crippen molar-refractivity contribution in [2.75, 3.05) is 12.4 Å². The van der Waals surface area contributed by atoms with E-state index in [0.717, 1.165) is 25.2 Å². The number of carbonyl (C=O) groups excluding carboxylic acids is 1. The minimum Gasteiger partial charge on any atom is -0.465 e. The topological polar surface area (TPSA) is 38.3 Å². The van der Waals surface area contributed by atoms with Gasteiger partial charge in [-0.1, -0.05) is 13.8 Å². The molecule has 0 bridgehead atoms. The molecule has 2 saturated carbocycles. The van der Waals surface area contributed by atoms with Crippen molar-refractivity contribution in [3.63, 3.8) is 0 Å². The predicted molar refractivity (Wildman–Crippen MR) is 85.1 cm³/mol. The van der Waals surface area contributed by atoms with E-state index in [1.54, 1.807) is 0 Å². The van der Waals surface area contributed by atoms with Crippen molar-refractivity contribution < 1.29 is 9.53 Å². The fourth-order valence-corrected chi connectivity index (χ4v) is 4.50. The van der Waals surface area contributed by atoms with Gasteiger partial charge in [0.05, 0.1) is 6.61 Å². The highest BCUT2D eigenvalue weighted by Crippen LogP contribution is 2.40. The van der Waals surface area contributed by atoms with E-state index in [-0.39, 0.29) is 11.5 Å². The number of ether oxygens (including phenoxy) is 1. The molecule has 0 aliphatic heterocycles. The third kappa shape index (κ3) is 4.39. The summed E-state index contributed by atoms with van der Waals surface area (Å²) in [6, 6.07) is 0.554. The molecule has 0 radical (unpaired) electrons. The molecule has 116 valence electrons. The van der Waals surface area contributed by atoms with Gasteiger partial charge in [0.15, 0.2) is 0 Å². The zero-order valence-corrected chi connectivity index (χ0v) is 13.9. The fraction of sp³-hybridized carbons (Fsp3) is 0.938. The lowest BCUT2D eigenvalue weighted by atomic mass is 9.97. The summed E-state index contributed by atoms with van der Waals surface area (Å²) in [5.74, 6) is 1.96. The first-order chi connectivity index (χ1) is 9.55. The SMILES string of the molecule is CCOC(=O)C1(NC2CC2)CCC(SCCC(C)C)C1. The summed E-state index contributed by atoms with van der Waals surface area (Å²) in [4.78, 5) is 12.4. The Morgan fingerprint density at radius 1 is 1.40 bits per heavy atom. The molecule has 2 unspecified atom stereocenters. The lowest BCUT2D eigenvalue weighted by molar-refractivity contribution is -0.151. The van der Waals surface area contributed by atoms with Gasteiger partial charge in [-0.3, -0.25) is 10.1 Å². The van der Waals surface area contributed by atoms with Gasteiger partial charge in [-0.15, -0.1) is 0 Å². The molecule has 0 aromatic carbocycles. The van der Waals surface area contributed by atoms with Crippen LogP contribution in [0.2, 0.25) is 0 Å². The average molecular weight is 299 g/mol. The Balaban J connectivity index is 1.87. The van der Waals surface area contributed by atoms with Crippen LogP contribution >= 0.6 is 11.8 Å².